The Hall–Kier alpha value is -1.55. The van der Waals surface area contributed by atoms with E-state index >= 15 is 0 Å². The highest BCUT2D eigenvalue weighted by molar-refractivity contribution is 5.78. The molecule has 1 amide bonds. The number of para-hydroxylation sites is 1. The summed E-state index contributed by atoms with van der Waals surface area (Å²) in [5.41, 5.74) is 2.82. The molecule has 0 bridgehead atoms. The van der Waals surface area contributed by atoms with Crippen LogP contribution >= 0.6 is 0 Å². The minimum Gasteiger partial charge on any atom is -0.396 e. The smallest absolute Gasteiger partial charge is 0.222 e. The maximum Gasteiger partial charge on any atom is 0.222 e. The monoisotopic (exact) mass is 316 g/mol. The summed E-state index contributed by atoms with van der Waals surface area (Å²) in [7, 11) is 0. The SMILES string of the molecule is O=C1CCCN1CCC1CN(CCCCCO)c2ccccc21. The molecule has 126 valence electrons. The largest absolute Gasteiger partial charge is 0.396 e. The van der Waals surface area contributed by atoms with Gasteiger partial charge in [-0.1, -0.05) is 18.2 Å². The van der Waals surface area contributed by atoms with Gasteiger partial charge in [-0.25, -0.2) is 0 Å². The summed E-state index contributed by atoms with van der Waals surface area (Å²) < 4.78 is 0. The molecule has 0 radical (unpaired) electrons. The van der Waals surface area contributed by atoms with E-state index in [9.17, 15) is 4.79 Å². The Kier molecular flexibility index (Phi) is 5.55. The summed E-state index contributed by atoms with van der Waals surface area (Å²) >= 11 is 0. The molecule has 0 aliphatic carbocycles. The molecule has 2 heterocycles. The van der Waals surface area contributed by atoms with Crippen LogP contribution < -0.4 is 4.90 Å². The second-order valence-corrected chi connectivity index (χ2v) is 6.76. The molecule has 1 atom stereocenters. The van der Waals surface area contributed by atoms with Crippen molar-refractivity contribution in [2.45, 2.75) is 44.4 Å². The number of carbonyl (C=O) groups excluding carboxylic acids is 1. The minimum absolute atomic E-state index is 0.295. The molecule has 1 unspecified atom stereocenters. The molecule has 1 saturated heterocycles. The zero-order valence-corrected chi connectivity index (χ0v) is 13.9. The van der Waals surface area contributed by atoms with Gasteiger partial charge in [0.15, 0.2) is 0 Å². The lowest BCUT2D eigenvalue weighted by Gasteiger charge is -2.21. The first-order valence-electron chi connectivity index (χ1n) is 9.02. The van der Waals surface area contributed by atoms with Crippen molar-refractivity contribution in [2.75, 3.05) is 37.7 Å². The first-order chi connectivity index (χ1) is 11.3. The number of hydrogen-bond acceptors (Lipinski definition) is 3. The van der Waals surface area contributed by atoms with Gasteiger partial charge in [0.2, 0.25) is 5.91 Å². The van der Waals surface area contributed by atoms with Crippen LogP contribution in [-0.2, 0) is 4.79 Å². The number of unbranched alkanes of at least 4 members (excludes halogenated alkanes) is 2. The number of aliphatic hydroxyl groups is 1. The third-order valence-corrected chi connectivity index (χ3v) is 5.16. The van der Waals surface area contributed by atoms with Crippen LogP contribution in [0.2, 0.25) is 0 Å². The zero-order valence-electron chi connectivity index (χ0n) is 13.9. The quantitative estimate of drug-likeness (QED) is 0.750. The van der Waals surface area contributed by atoms with Crippen molar-refractivity contribution in [3.63, 3.8) is 0 Å². The molecule has 2 aliphatic rings. The standard InChI is InChI=1S/C19H28N2O2/c22-14-5-1-4-11-21-15-16(17-7-2-3-8-18(17)21)10-13-20-12-6-9-19(20)23/h2-3,7-8,16,22H,1,4-6,9-15H2. The Balaban J connectivity index is 1.57. The van der Waals surface area contributed by atoms with E-state index in [1.54, 1.807) is 0 Å². The normalized spacial score (nSPS) is 20.4. The Labute approximate surface area is 139 Å². The lowest BCUT2D eigenvalue weighted by molar-refractivity contribution is -0.127. The van der Waals surface area contributed by atoms with Gasteiger partial charge in [0.1, 0.15) is 0 Å². The predicted molar refractivity (Wildman–Crippen MR) is 92.8 cm³/mol. The van der Waals surface area contributed by atoms with Gasteiger partial charge in [0, 0.05) is 50.8 Å². The molecule has 3 rings (SSSR count). The molecule has 1 N–H and O–H groups in total. The molecule has 1 fully saturated rings. The topological polar surface area (TPSA) is 43.8 Å². The lowest BCUT2D eigenvalue weighted by Crippen LogP contribution is -2.28. The lowest BCUT2D eigenvalue weighted by atomic mass is 9.98. The number of amides is 1. The summed E-state index contributed by atoms with van der Waals surface area (Å²) in [4.78, 5) is 16.3. The van der Waals surface area contributed by atoms with Crippen molar-refractivity contribution in [3.8, 4) is 0 Å². The van der Waals surface area contributed by atoms with Gasteiger partial charge in [-0.15, -0.1) is 0 Å². The Morgan fingerprint density at radius 3 is 2.74 bits per heavy atom. The predicted octanol–water partition coefficient (Wildman–Crippen LogP) is 2.77. The van der Waals surface area contributed by atoms with Crippen molar-refractivity contribution in [1.29, 1.82) is 0 Å². The van der Waals surface area contributed by atoms with Crippen LogP contribution in [0.1, 0.15) is 50.0 Å². The summed E-state index contributed by atoms with van der Waals surface area (Å²) in [5, 5.41) is 8.91. The van der Waals surface area contributed by atoms with Gasteiger partial charge >= 0.3 is 0 Å². The third-order valence-electron chi connectivity index (χ3n) is 5.16. The number of aliphatic hydroxyl groups excluding tert-OH is 1. The fraction of sp³-hybridized carbons (Fsp3) is 0.632. The van der Waals surface area contributed by atoms with E-state index in [1.807, 2.05) is 4.90 Å². The van der Waals surface area contributed by atoms with Gasteiger partial charge in [-0.3, -0.25) is 4.79 Å². The van der Waals surface area contributed by atoms with Gasteiger partial charge in [-0.2, -0.15) is 0 Å². The number of nitrogens with zero attached hydrogens (tertiary/aromatic N) is 2. The fourth-order valence-corrected chi connectivity index (χ4v) is 3.89. The van der Waals surface area contributed by atoms with Crippen LogP contribution in [0.5, 0.6) is 0 Å². The van der Waals surface area contributed by atoms with E-state index in [1.165, 1.54) is 11.3 Å². The second-order valence-electron chi connectivity index (χ2n) is 6.76. The maximum absolute atomic E-state index is 11.8. The molecule has 4 heteroatoms. The number of rotatable bonds is 8. The Morgan fingerprint density at radius 2 is 1.96 bits per heavy atom. The van der Waals surface area contributed by atoms with Crippen LogP contribution in [0.15, 0.2) is 24.3 Å². The molecule has 0 spiro atoms. The molecule has 23 heavy (non-hydrogen) atoms. The summed E-state index contributed by atoms with van der Waals surface area (Å²) in [6, 6.07) is 8.72. The van der Waals surface area contributed by atoms with Gasteiger partial charge in [0.05, 0.1) is 0 Å². The van der Waals surface area contributed by atoms with E-state index in [2.05, 4.69) is 29.2 Å². The summed E-state index contributed by atoms with van der Waals surface area (Å²) in [5.74, 6) is 0.870. The number of fused-ring (bicyclic) bond motifs is 1. The fourth-order valence-electron chi connectivity index (χ4n) is 3.89. The molecule has 1 aromatic carbocycles. The van der Waals surface area contributed by atoms with Gasteiger partial charge in [-0.05, 0) is 43.7 Å². The minimum atomic E-state index is 0.295. The van der Waals surface area contributed by atoms with Crippen molar-refractivity contribution < 1.29 is 9.90 Å². The number of anilines is 1. The molecule has 2 aliphatic heterocycles. The molecule has 0 saturated carbocycles. The molecular weight excluding hydrogens is 288 g/mol. The maximum atomic E-state index is 11.8. The highest BCUT2D eigenvalue weighted by Gasteiger charge is 2.29. The Morgan fingerprint density at radius 1 is 1.09 bits per heavy atom. The van der Waals surface area contributed by atoms with Crippen molar-refractivity contribution in [3.05, 3.63) is 29.8 Å². The number of carbonyl (C=O) groups is 1. The molecule has 1 aromatic rings. The van der Waals surface area contributed by atoms with Crippen LogP contribution in [0, 0.1) is 0 Å². The van der Waals surface area contributed by atoms with E-state index in [0.29, 0.717) is 18.4 Å². The van der Waals surface area contributed by atoms with Crippen LogP contribution in [0.25, 0.3) is 0 Å². The highest BCUT2D eigenvalue weighted by Crippen LogP contribution is 2.38. The van der Waals surface area contributed by atoms with E-state index in [-0.39, 0.29) is 0 Å². The number of hydrogen-bond donors (Lipinski definition) is 1. The van der Waals surface area contributed by atoms with Crippen molar-refractivity contribution in [2.24, 2.45) is 0 Å². The number of benzene rings is 1. The average molecular weight is 316 g/mol. The van der Waals surface area contributed by atoms with E-state index < -0.39 is 0 Å². The average Bonchev–Trinajstić information content (AvgIpc) is 3.14. The Bertz CT molecular complexity index is 532. The summed E-state index contributed by atoms with van der Waals surface area (Å²) in [6.07, 6.45) is 5.94. The number of likely N-dealkylation sites (tertiary alicyclic amines) is 1. The van der Waals surface area contributed by atoms with Crippen LogP contribution in [0.3, 0.4) is 0 Å². The second kappa shape index (κ2) is 7.82. The molecular formula is C19H28N2O2. The zero-order chi connectivity index (χ0) is 16.1. The highest BCUT2D eigenvalue weighted by atomic mass is 16.2. The molecule has 4 nitrogen and oxygen atoms in total. The van der Waals surface area contributed by atoms with Crippen LogP contribution in [-0.4, -0.2) is 48.7 Å². The van der Waals surface area contributed by atoms with Crippen molar-refractivity contribution >= 4 is 11.6 Å². The molecule has 0 aromatic heterocycles. The van der Waals surface area contributed by atoms with Gasteiger partial charge < -0.3 is 14.9 Å². The first kappa shape index (κ1) is 16.3. The van der Waals surface area contributed by atoms with Crippen molar-refractivity contribution in [1.82, 2.24) is 4.90 Å². The van der Waals surface area contributed by atoms with Crippen LogP contribution in [0.4, 0.5) is 5.69 Å². The van der Waals surface area contributed by atoms with E-state index in [0.717, 1.165) is 64.7 Å². The first-order valence-corrected chi connectivity index (χ1v) is 9.02. The third kappa shape index (κ3) is 3.86. The van der Waals surface area contributed by atoms with E-state index in [4.69, 9.17) is 5.11 Å². The summed E-state index contributed by atoms with van der Waals surface area (Å²) in [6.45, 7) is 4.27. The van der Waals surface area contributed by atoms with Gasteiger partial charge in [0.25, 0.3) is 0 Å².